The molecule has 0 aliphatic heterocycles. The Balaban J connectivity index is 1.61. The molecule has 1 aromatic carbocycles. The van der Waals surface area contributed by atoms with E-state index in [2.05, 4.69) is 21.6 Å². The Kier molecular flexibility index (Phi) is 5.04. The molecule has 0 radical (unpaired) electrons. The van der Waals surface area contributed by atoms with Gasteiger partial charge in [0.2, 0.25) is 5.13 Å². The predicted molar refractivity (Wildman–Crippen MR) is 92.9 cm³/mol. The second kappa shape index (κ2) is 7.20. The van der Waals surface area contributed by atoms with Crippen LogP contribution >= 0.6 is 34.4 Å². The van der Waals surface area contributed by atoms with Crippen LogP contribution in [0.15, 0.2) is 40.1 Å². The number of carbonyl (C=O) groups is 1. The molecule has 0 saturated carbocycles. The fraction of sp³-hybridized carbons (Fsp3) is 0.133. The summed E-state index contributed by atoms with van der Waals surface area (Å²) in [6.45, 7) is 1.65. The lowest BCUT2D eigenvalue weighted by Gasteiger charge is -2.02. The van der Waals surface area contributed by atoms with E-state index in [1.807, 2.05) is 11.4 Å². The zero-order valence-electron chi connectivity index (χ0n) is 12.1. The number of hydrogen-bond acceptors (Lipinski definition) is 6. The Morgan fingerprint density at radius 1 is 1.35 bits per heavy atom. The van der Waals surface area contributed by atoms with Crippen molar-refractivity contribution >= 4 is 45.5 Å². The van der Waals surface area contributed by atoms with Crippen molar-refractivity contribution in [1.82, 2.24) is 10.2 Å². The van der Waals surface area contributed by atoms with Gasteiger partial charge in [-0.3, -0.25) is 10.1 Å². The summed E-state index contributed by atoms with van der Waals surface area (Å²) in [6, 6.07) is 8.45. The first-order valence-corrected chi connectivity index (χ1v) is 9.36. The van der Waals surface area contributed by atoms with Crippen molar-refractivity contribution in [2.24, 2.45) is 0 Å². The van der Waals surface area contributed by atoms with Crippen molar-refractivity contribution in [3.8, 4) is 0 Å². The van der Waals surface area contributed by atoms with E-state index in [0.717, 1.165) is 10.1 Å². The number of hydrogen-bond donors (Lipinski definition) is 1. The van der Waals surface area contributed by atoms with Gasteiger partial charge in [0, 0.05) is 16.2 Å². The Labute approximate surface area is 144 Å². The Morgan fingerprint density at radius 3 is 2.96 bits per heavy atom. The van der Waals surface area contributed by atoms with Crippen molar-refractivity contribution in [3.05, 3.63) is 57.5 Å². The van der Waals surface area contributed by atoms with Gasteiger partial charge in [0.15, 0.2) is 4.34 Å². The molecular formula is C15H12FN3OS3. The molecule has 2 aromatic heterocycles. The molecule has 0 fully saturated rings. The lowest BCUT2D eigenvalue weighted by Crippen LogP contribution is -2.12. The van der Waals surface area contributed by atoms with E-state index in [1.54, 1.807) is 42.2 Å². The number of thiophene rings is 1. The van der Waals surface area contributed by atoms with Crippen LogP contribution < -0.4 is 5.32 Å². The summed E-state index contributed by atoms with van der Waals surface area (Å²) in [5.41, 5.74) is 0.765. The van der Waals surface area contributed by atoms with Gasteiger partial charge in [-0.15, -0.1) is 21.5 Å². The zero-order chi connectivity index (χ0) is 16.2. The second-order valence-electron chi connectivity index (χ2n) is 4.66. The van der Waals surface area contributed by atoms with Crippen LogP contribution in [0.25, 0.3) is 0 Å². The van der Waals surface area contributed by atoms with E-state index < -0.39 is 11.7 Å². The Morgan fingerprint density at radius 2 is 2.22 bits per heavy atom. The number of nitrogens with one attached hydrogen (secondary N) is 1. The molecule has 0 spiro atoms. The fourth-order valence-electron chi connectivity index (χ4n) is 1.75. The molecule has 2 heterocycles. The van der Waals surface area contributed by atoms with Gasteiger partial charge in [-0.2, -0.15) is 0 Å². The van der Waals surface area contributed by atoms with Gasteiger partial charge in [0.25, 0.3) is 5.91 Å². The third kappa shape index (κ3) is 4.15. The first kappa shape index (κ1) is 16.1. The number of nitrogens with zero attached hydrogens (tertiary/aromatic N) is 2. The summed E-state index contributed by atoms with van der Waals surface area (Å²) in [7, 11) is 0. The van der Waals surface area contributed by atoms with E-state index in [0.29, 0.717) is 10.7 Å². The second-order valence-corrected chi connectivity index (χ2v) is 7.89. The third-order valence-corrected chi connectivity index (χ3v) is 6.06. The maximum Gasteiger partial charge on any atom is 0.257 e. The van der Waals surface area contributed by atoms with E-state index in [4.69, 9.17) is 0 Å². The average molecular weight is 365 g/mol. The van der Waals surface area contributed by atoms with E-state index in [9.17, 15) is 9.18 Å². The summed E-state index contributed by atoms with van der Waals surface area (Å²) in [5, 5.41) is 13.1. The van der Waals surface area contributed by atoms with E-state index in [1.165, 1.54) is 22.3 Å². The van der Waals surface area contributed by atoms with Crippen molar-refractivity contribution in [3.63, 3.8) is 0 Å². The van der Waals surface area contributed by atoms with Gasteiger partial charge in [-0.25, -0.2) is 4.39 Å². The van der Waals surface area contributed by atoms with Crippen molar-refractivity contribution in [2.75, 3.05) is 5.32 Å². The molecule has 0 atom stereocenters. The highest BCUT2D eigenvalue weighted by Gasteiger charge is 2.12. The number of benzene rings is 1. The number of carbonyl (C=O) groups excluding carboxylic acids is 1. The number of thioether (sulfide) groups is 1. The van der Waals surface area contributed by atoms with Crippen LogP contribution in [0.4, 0.5) is 9.52 Å². The van der Waals surface area contributed by atoms with Crippen molar-refractivity contribution in [2.45, 2.75) is 17.0 Å². The molecule has 8 heteroatoms. The minimum absolute atomic E-state index is 0.260. The molecule has 4 nitrogen and oxygen atoms in total. The highest BCUT2D eigenvalue weighted by molar-refractivity contribution is 8.00. The molecule has 23 heavy (non-hydrogen) atoms. The molecule has 3 aromatic rings. The van der Waals surface area contributed by atoms with Crippen LogP contribution in [-0.4, -0.2) is 16.1 Å². The van der Waals surface area contributed by atoms with E-state index in [-0.39, 0.29) is 5.56 Å². The van der Waals surface area contributed by atoms with Crippen molar-refractivity contribution in [1.29, 1.82) is 0 Å². The van der Waals surface area contributed by atoms with Gasteiger partial charge in [-0.05, 0) is 36.1 Å². The first-order valence-electron chi connectivity index (χ1n) is 6.68. The van der Waals surface area contributed by atoms with Crippen LogP contribution in [0.1, 0.15) is 20.8 Å². The molecule has 1 amide bonds. The van der Waals surface area contributed by atoms with Crippen LogP contribution in [-0.2, 0) is 5.75 Å². The number of amides is 1. The maximum absolute atomic E-state index is 13.5. The molecule has 118 valence electrons. The van der Waals surface area contributed by atoms with Gasteiger partial charge in [0.1, 0.15) is 5.82 Å². The molecule has 0 unspecified atom stereocenters. The number of halogens is 1. The van der Waals surface area contributed by atoms with Gasteiger partial charge >= 0.3 is 0 Å². The molecular weight excluding hydrogens is 353 g/mol. The minimum Gasteiger partial charge on any atom is -0.296 e. The largest absolute Gasteiger partial charge is 0.296 e. The summed E-state index contributed by atoms with van der Waals surface area (Å²) in [5.74, 6) is 0.0284. The van der Waals surface area contributed by atoms with Crippen molar-refractivity contribution < 1.29 is 9.18 Å². The molecule has 0 aliphatic rings. The fourth-order valence-corrected chi connectivity index (χ4v) is 4.27. The average Bonchev–Trinajstić information content (AvgIpc) is 3.19. The lowest BCUT2D eigenvalue weighted by atomic mass is 10.1. The summed E-state index contributed by atoms with van der Waals surface area (Å²) in [6.07, 6.45) is 0. The highest BCUT2D eigenvalue weighted by atomic mass is 32.2. The van der Waals surface area contributed by atoms with Gasteiger partial charge in [0.05, 0.1) is 0 Å². The minimum atomic E-state index is -0.401. The standard InChI is InChI=1S/C15H12FN3OS3/c1-9-4-5-10(7-12(9)16)13(20)17-14-18-19-15(23-14)22-8-11-3-2-6-21-11/h2-7H,8H2,1H3,(H,17,18,20). The van der Waals surface area contributed by atoms with Crippen LogP contribution in [0.5, 0.6) is 0 Å². The highest BCUT2D eigenvalue weighted by Crippen LogP contribution is 2.29. The lowest BCUT2D eigenvalue weighted by molar-refractivity contribution is 0.102. The summed E-state index contributed by atoms with van der Waals surface area (Å²) >= 11 is 4.56. The molecule has 3 rings (SSSR count). The van der Waals surface area contributed by atoms with E-state index >= 15 is 0 Å². The Bertz CT molecular complexity index is 817. The first-order chi connectivity index (χ1) is 11.1. The Hall–Kier alpha value is -1.77. The number of aryl methyl sites for hydroxylation is 1. The molecule has 0 bridgehead atoms. The summed E-state index contributed by atoms with van der Waals surface area (Å²) < 4.78 is 14.3. The van der Waals surface area contributed by atoms with Crippen LogP contribution in [0.2, 0.25) is 0 Å². The quantitative estimate of drug-likeness (QED) is 0.531. The monoisotopic (exact) mass is 365 g/mol. The number of rotatable bonds is 5. The van der Waals surface area contributed by atoms with Gasteiger partial charge in [-0.1, -0.05) is 35.2 Å². The van der Waals surface area contributed by atoms with Crippen LogP contribution in [0.3, 0.4) is 0 Å². The molecule has 0 saturated heterocycles. The maximum atomic E-state index is 13.5. The zero-order valence-corrected chi connectivity index (χ0v) is 14.5. The number of anilines is 1. The third-order valence-electron chi connectivity index (χ3n) is 2.98. The molecule has 0 aliphatic carbocycles. The SMILES string of the molecule is Cc1ccc(C(=O)Nc2nnc(SCc3cccs3)s2)cc1F. The topological polar surface area (TPSA) is 54.9 Å². The van der Waals surface area contributed by atoms with Crippen LogP contribution in [0, 0.1) is 12.7 Å². The van der Waals surface area contributed by atoms with Gasteiger partial charge < -0.3 is 0 Å². The summed E-state index contributed by atoms with van der Waals surface area (Å²) in [4.78, 5) is 13.3. The normalized spacial score (nSPS) is 10.7. The number of aromatic nitrogens is 2. The molecule has 1 N–H and O–H groups in total. The smallest absolute Gasteiger partial charge is 0.257 e. The predicted octanol–water partition coefficient (Wildman–Crippen LogP) is 4.59.